The van der Waals surface area contributed by atoms with Crippen molar-refractivity contribution in [3.63, 3.8) is 0 Å². The van der Waals surface area contributed by atoms with Crippen molar-refractivity contribution in [1.29, 1.82) is 0 Å². The maximum absolute atomic E-state index is 11.7. The second kappa shape index (κ2) is 4.82. The highest BCUT2D eigenvalue weighted by atomic mass is 32.1. The fraction of sp³-hybridized carbons (Fsp3) is 0.200. The summed E-state index contributed by atoms with van der Waals surface area (Å²) in [5, 5.41) is 21.7. The molecule has 0 radical (unpaired) electrons. The fourth-order valence-electron chi connectivity index (χ4n) is 1.29. The third-order valence-electron chi connectivity index (χ3n) is 2.15. The Bertz CT molecular complexity index is 531. The number of carboxylic acids is 1. The first-order chi connectivity index (χ1) is 8.11. The van der Waals surface area contributed by atoms with E-state index in [9.17, 15) is 9.59 Å². The molecule has 3 N–H and O–H groups in total. The van der Waals surface area contributed by atoms with Crippen LogP contribution in [-0.2, 0) is 4.79 Å². The van der Waals surface area contributed by atoms with Crippen molar-refractivity contribution in [3.05, 3.63) is 22.4 Å². The molecule has 1 amide bonds. The summed E-state index contributed by atoms with van der Waals surface area (Å²) in [5.41, 5.74) is 0. The quantitative estimate of drug-likeness (QED) is 0.778. The highest BCUT2D eigenvalue weighted by Crippen LogP contribution is 2.29. The predicted molar refractivity (Wildman–Crippen MR) is 65.7 cm³/mol. The number of amides is 1. The zero-order valence-electron chi connectivity index (χ0n) is 8.54. The molecule has 0 saturated heterocycles. The van der Waals surface area contributed by atoms with Gasteiger partial charge in [0.15, 0.2) is 6.04 Å². The molecule has 1 atom stereocenters. The van der Waals surface area contributed by atoms with Crippen LogP contribution in [0.2, 0.25) is 0 Å². The van der Waals surface area contributed by atoms with Gasteiger partial charge in [0.05, 0.1) is 11.5 Å². The summed E-state index contributed by atoms with van der Waals surface area (Å²) in [6, 6.07) is 2.36. The van der Waals surface area contributed by atoms with Crippen LogP contribution in [-0.4, -0.2) is 34.7 Å². The average molecular weight is 271 g/mol. The second-order valence-electron chi connectivity index (χ2n) is 3.31. The van der Waals surface area contributed by atoms with Gasteiger partial charge in [-0.3, -0.25) is 4.79 Å². The minimum atomic E-state index is -1.26. The molecule has 0 aliphatic carbocycles. The maximum Gasteiger partial charge on any atom is 0.328 e. The number of nitrogens with one attached hydrogen (secondary N) is 1. The van der Waals surface area contributed by atoms with Crippen LogP contribution in [0.3, 0.4) is 0 Å². The largest absolute Gasteiger partial charge is 0.480 e. The molecule has 17 heavy (non-hydrogen) atoms. The Morgan fingerprint density at radius 3 is 2.76 bits per heavy atom. The van der Waals surface area contributed by atoms with Gasteiger partial charge in [-0.2, -0.15) is 0 Å². The first kappa shape index (κ1) is 12.0. The summed E-state index contributed by atoms with van der Waals surface area (Å²) in [5.74, 6) is -1.72. The van der Waals surface area contributed by atoms with Gasteiger partial charge in [0.2, 0.25) is 0 Å². The normalized spacial score (nSPS) is 12.5. The maximum atomic E-state index is 11.7. The van der Waals surface area contributed by atoms with Gasteiger partial charge in [-0.05, 0) is 17.5 Å². The number of rotatable bonds is 4. The van der Waals surface area contributed by atoms with E-state index in [1.165, 1.54) is 22.7 Å². The Morgan fingerprint density at radius 1 is 1.41 bits per heavy atom. The standard InChI is InChI=1S/C10H9NO4S2/c12-4-5(10(14)15)11-9(13)8-3-7-6(17-8)1-2-16-7/h1-3,5,12H,4H2,(H,11,13)(H,14,15). The van der Waals surface area contributed by atoms with Crippen molar-refractivity contribution < 1.29 is 19.8 Å². The van der Waals surface area contributed by atoms with Crippen LogP contribution in [0.15, 0.2) is 17.5 Å². The Kier molecular flexibility index (Phi) is 3.41. The smallest absolute Gasteiger partial charge is 0.328 e. The van der Waals surface area contributed by atoms with Gasteiger partial charge in [-0.15, -0.1) is 22.7 Å². The van der Waals surface area contributed by atoms with Crippen LogP contribution >= 0.6 is 22.7 Å². The van der Waals surface area contributed by atoms with Crippen LogP contribution in [0.4, 0.5) is 0 Å². The molecule has 0 fully saturated rings. The van der Waals surface area contributed by atoms with Crippen molar-refractivity contribution >= 4 is 43.9 Å². The van der Waals surface area contributed by atoms with E-state index < -0.39 is 24.5 Å². The summed E-state index contributed by atoms with van der Waals surface area (Å²) >= 11 is 2.82. The van der Waals surface area contributed by atoms with Crippen molar-refractivity contribution in [2.45, 2.75) is 6.04 Å². The van der Waals surface area contributed by atoms with E-state index in [0.717, 1.165) is 9.40 Å². The third-order valence-corrected chi connectivity index (χ3v) is 4.24. The van der Waals surface area contributed by atoms with Crippen molar-refractivity contribution in [2.24, 2.45) is 0 Å². The molecule has 0 saturated carbocycles. The molecule has 0 aromatic carbocycles. The number of carbonyl (C=O) groups excluding carboxylic acids is 1. The van der Waals surface area contributed by atoms with Crippen molar-refractivity contribution in [2.75, 3.05) is 6.61 Å². The second-order valence-corrected chi connectivity index (χ2v) is 5.34. The van der Waals surface area contributed by atoms with Crippen LogP contribution in [0, 0.1) is 0 Å². The van der Waals surface area contributed by atoms with Gasteiger partial charge < -0.3 is 15.5 Å². The minimum absolute atomic E-state index is 0.451. The summed E-state index contributed by atoms with van der Waals surface area (Å²) in [6.45, 7) is -0.624. The SMILES string of the molecule is O=C(NC(CO)C(=O)O)c1cc2sccc2s1. The molecule has 7 heteroatoms. The average Bonchev–Trinajstić information content (AvgIpc) is 2.84. The first-order valence-corrected chi connectivity index (χ1v) is 6.43. The molecular weight excluding hydrogens is 262 g/mol. The molecule has 2 heterocycles. The van der Waals surface area contributed by atoms with Gasteiger partial charge in [-0.25, -0.2) is 4.79 Å². The van der Waals surface area contributed by atoms with Gasteiger partial charge in [0, 0.05) is 9.40 Å². The van der Waals surface area contributed by atoms with Crippen LogP contribution in [0.1, 0.15) is 9.67 Å². The number of fused-ring (bicyclic) bond motifs is 1. The Balaban J connectivity index is 2.15. The molecular formula is C10H9NO4S2. The summed E-state index contributed by atoms with van der Waals surface area (Å²) in [4.78, 5) is 22.8. The lowest BCUT2D eigenvalue weighted by Gasteiger charge is -2.10. The molecule has 5 nitrogen and oxygen atoms in total. The van der Waals surface area contributed by atoms with E-state index in [1.54, 1.807) is 6.07 Å². The van der Waals surface area contributed by atoms with Gasteiger partial charge in [0.1, 0.15) is 0 Å². The molecule has 2 rings (SSSR count). The number of aliphatic hydroxyl groups is 1. The summed E-state index contributed by atoms with van der Waals surface area (Å²) in [6.07, 6.45) is 0. The zero-order valence-corrected chi connectivity index (χ0v) is 10.2. The molecule has 2 aromatic rings. The van der Waals surface area contributed by atoms with E-state index in [0.29, 0.717) is 4.88 Å². The topological polar surface area (TPSA) is 86.6 Å². The number of aliphatic carboxylic acids is 1. The summed E-state index contributed by atoms with van der Waals surface area (Å²) in [7, 11) is 0. The van der Waals surface area contributed by atoms with Gasteiger partial charge in [0.25, 0.3) is 5.91 Å². The zero-order chi connectivity index (χ0) is 12.4. The molecule has 0 bridgehead atoms. The molecule has 0 aliphatic heterocycles. The fourth-order valence-corrected chi connectivity index (χ4v) is 3.30. The Labute approximate surface area is 104 Å². The van der Waals surface area contributed by atoms with Crippen LogP contribution in [0.5, 0.6) is 0 Å². The van der Waals surface area contributed by atoms with E-state index in [-0.39, 0.29) is 0 Å². The van der Waals surface area contributed by atoms with E-state index in [2.05, 4.69) is 5.32 Å². The first-order valence-electron chi connectivity index (χ1n) is 4.73. The van der Waals surface area contributed by atoms with E-state index in [4.69, 9.17) is 10.2 Å². The lowest BCUT2D eigenvalue weighted by molar-refractivity contribution is -0.140. The number of carbonyl (C=O) groups is 2. The monoisotopic (exact) mass is 271 g/mol. The predicted octanol–water partition coefficient (Wildman–Crippen LogP) is 1.14. The molecule has 90 valence electrons. The summed E-state index contributed by atoms with van der Waals surface area (Å²) < 4.78 is 1.99. The molecule has 0 spiro atoms. The number of hydrogen-bond acceptors (Lipinski definition) is 5. The number of aliphatic hydroxyl groups excluding tert-OH is 1. The highest BCUT2D eigenvalue weighted by Gasteiger charge is 2.20. The molecule has 1 unspecified atom stereocenters. The van der Waals surface area contributed by atoms with Gasteiger partial charge in [-0.1, -0.05) is 0 Å². The lowest BCUT2D eigenvalue weighted by atomic mass is 10.3. The Hall–Kier alpha value is -1.44. The van der Waals surface area contributed by atoms with Crippen molar-refractivity contribution in [1.82, 2.24) is 5.32 Å². The number of carboxylic acid groups (broad SMARTS) is 1. The highest BCUT2D eigenvalue weighted by molar-refractivity contribution is 7.27. The Morgan fingerprint density at radius 2 is 2.18 bits per heavy atom. The minimum Gasteiger partial charge on any atom is -0.480 e. The lowest BCUT2D eigenvalue weighted by Crippen LogP contribution is -2.43. The van der Waals surface area contributed by atoms with Crippen molar-refractivity contribution in [3.8, 4) is 0 Å². The van der Waals surface area contributed by atoms with Crippen LogP contribution in [0.25, 0.3) is 9.40 Å². The van der Waals surface area contributed by atoms with Crippen LogP contribution < -0.4 is 5.32 Å². The number of thiophene rings is 2. The number of hydrogen-bond donors (Lipinski definition) is 3. The molecule has 0 aliphatic rings. The van der Waals surface area contributed by atoms with E-state index >= 15 is 0 Å². The third kappa shape index (κ3) is 2.46. The van der Waals surface area contributed by atoms with E-state index in [1.807, 2.05) is 11.4 Å². The van der Waals surface area contributed by atoms with Gasteiger partial charge >= 0.3 is 5.97 Å². The molecule has 2 aromatic heterocycles.